The Morgan fingerprint density at radius 2 is 1.80 bits per heavy atom. The molecule has 0 aliphatic carbocycles. The van der Waals surface area contributed by atoms with Crippen LogP contribution in [0, 0.1) is 0 Å². The number of hydrogen-bond acceptors (Lipinski definition) is 4. The minimum Gasteiger partial charge on any atom is -0.491 e. The number of anilines is 1. The van der Waals surface area contributed by atoms with E-state index in [2.05, 4.69) is 31.3 Å². The maximum atomic E-state index is 5.98. The molecule has 0 saturated carbocycles. The molecule has 0 aliphatic rings. The Labute approximate surface area is 151 Å². The van der Waals surface area contributed by atoms with Crippen molar-refractivity contribution in [3.63, 3.8) is 0 Å². The van der Waals surface area contributed by atoms with Crippen LogP contribution in [0.2, 0.25) is 0 Å². The third-order valence-electron chi connectivity index (χ3n) is 4.14. The van der Waals surface area contributed by atoms with Crippen LogP contribution in [0.1, 0.15) is 31.7 Å². The van der Waals surface area contributed by atoms with Gasteiger partial charge in [0.25, 0.3) is 0 Å². The molecular formula is C21H29NO3. The topological polar surface area (TPSA) is 39.7 Å². The lowest BCUT2D eigenvalue weighted by molar-refractivity contribution is 0.146. The van der Waals surface area contributed by atoms with Gasteiger partial charge < -0.3 is 19.5 Å². The molecule has 0 amide bonds. The first-order valence-corrected chi connectivity index (χ1v) is 8.92. The van der Waals surface area contributed by atoms with Gasteiger partial charge in [-0.3, -0.25) is 0 Å². The van der Waals surface area contributed by atoms with E-state index >= 15 is 0 Å². The standard InChI is InChI=1S/C21H29NO3/c1-4-17(2)20-10-5-6-11-21(20)25-13-12-22-18-8-7-9-19(16-18)24-15-14-23-3/h5-11,16-17,22H,4,12-15H2,1-3H3. The van der Waals surface area contributed by atoms with Crippen molar-refractivity contribution in [2.45, 2.75) is 26.2 Å². The molecule has 0 bridgehead atoms. The van der Waals surface area contributed by atoms with Gasteiger partial charge in [0.2, 0.25) is 0 Å². The van der Waals surface area contributed by atoms with Gasteiger partial charge in [0.05, 0.1) is 6.61 Å². The molecule has 0 heterocycles. The van der Waals surface area contributed by atoms with E-state index in [1.54, 1.807) is 7.11 Å². The molecule has 2 aromatic carbocycles. The lowest BCUT2D eigenvalue weighted by atomic mass is 9.98. The largest absolute Gasteiger partial charge is 0.491 e. The number of hydrogen-bond donors (Lipinski definition) is 1. The highest BCUT2D eigenvalue weighted by atomic mass is 16.5. The molecule has 1 atom stereocenters. The second-order valence-electron chi connectivity index (χ2n) is 5.99. The molecule has 4 nitrogen and oxygen atoms in total. The minimum absolute atomic E-state index is 0.505. The maximum Gasteiger partial charge on any atom is 0.122 e. The number of benzene rings is 2. The van der Waals surface area contributed by atoms with Crippen molar-refractivity contribution in [1.29, 1.82) is 0 Å². The van der Waals surface area contributed by atoms with E-state index in [4.69, 9.17) is 14.2 Å². The van der Waals surface area contributed by atoms with Crippen LogP contribution in [0.15, 0.2) is 48.5 Å². The molecule has 25 heavy (non-hydrogen) atoms. The lowest BCUT2D eigenvalue weighted by Crippen LogP contribution is -2.12. The van der Waals surface area contributed by atoms with Gasteiger partial charge in [-0.2, -0.15) is 0 Å². The molecule has 2 rings (SSSR count). The van der Waals surface area contributed by atoms with E-state index in [0.717, 1.165) is 30.2 Å². The molecule has 0 aromatic heterocycles. The molecule has 2 aromatic rings. The molecule has 4 heteroatoms. The van der Waals surface area contributed by atoms with Gasteiger partial charge >= 0.3 is 0 Å². The van der Waals surface area contributed by atoms with Crippen molar-refractivity contribution in [3.8, 4) is 11.5 Å². The van der Waals surface area contributed by atoms with Gasteiger partial charge in [0, 0.05) is 25.4 Å². The summed E-state index contributed by atoms with van der Waals surface area (Å²) in [6, 6.07) is 16.2. The number of ether oxygens (including phenoxy) is 3. The zero-order valence-electron chi connectivity index (χ0n) is 15.5. The number of nitrogens with one attached hydrogen (secondary N) is 1. The van der Waals surface area contributed by atoms with E-state index in [-0.39, 0.29) is 0 Å². The van der Waals surface area contributed by atoms with Crippen molar-refractivity contribution in [2.75, 3.05) is 38.8 Å². The smallest absolute Gasteiger partial charge is 0.122 e. The zero-order valence-corrected chi connectivity index (χ0v) is 15.5. The Morgan fingerprint density at radius 1 is 0.960 bits per heavy atom. The van der Waals surface area contributed by atoms with E-state index in [0.29, 0.717) is 25.7 Å². The van der Waals surface area contributed by atoms with Crippen LogP contribution in [0.3, 0.4) is 0 Å². The van der Waals surface area contributed by atoms with Gasteiger partial charge in [-0.1, -0.05) is 38.1 Å². The predicted octanol–water partition coefficient (Wildman–Crippen LogP) is 4.72. The third-order valence-corrected chi connectivity index (χ3v) is 4.14. The molecule has 1 unspecified atom stereocenters. The van der Waals surface area contributed by atoms with Crippen molar-refractivity contribution < 1.29 is 14.2 Å². The molecule has 1 N–H and O–H groups in total. The van der Waals surface area contributed by atoms with Gasteiger partial charge in [0.1, 0.15) is 24.7 Å². The number of rotatable bonds is 11. The Balaban J connectivity index is 1.81. The Bertz CT molecular complexity index is 630. The Morgan fingerprint density at radius 3 is 2.60 bits per heavy atom. The minimum atomic E-state index is 0.505. The average molecular weight is 343 g/mol. The maximum absolute atomic E-state index is 5.98. The normalized spacial score (nSPS) is 11.8. The van der Waals surface area contributed by atoms with Crippen LogP contribution >= 0.6 is 0 Å². The number of para-hydroxylation sites is 1. The monoisotopic (exact) mass is 343 g/mol. The SMILES string of the molecule is CCC(C)c1ccccc1OCCNc1cccc(OCCOC)c1. The van der Waals surface area contributed by atoms with Crippen LogP contribution in [0.25, 0.3) is 0 Å². The van der Waals surface area contributed by atoms with Crippen LogP contribution in [-0.4, -0.2) is 33.5 Å². The van der Waals surface area contributed by atoms with Gasteiger partial charge in [0.15, 0.2) is 0 Å². The summed E-state index contributed by atoms with van der Waals surface area (Å²) in [4.78, 5) is 0. The van der Waals surface area contributed by atoms with Crippen LogP contribution in [-0.2, 0) is 4.74 Å². The molecule has 136 valence electrons. The van der Waals surface area contributed by atoms with Crippen LogP contribution in [0.5, 0.6) is 11.5 Å². The first-order chi connectivity index (χ1) is 12.2. The summed E-state index contributed by atoms with van der Waals surface area (Å²) >= 11 is 0. The summed E-state index contributed by atoms with van der Waals surface area (Å²) in [5.74, 6) is 2.32. The molecule has 0 fully saturated rings. The van der Waals surface area contributed by atoms with Gasteiger partial charge in [-0.25, -0.2) is 0 Å². The second kappa shape index (κ2) is 10.6. The Hall–Kier alpha value is -2.20. The fourth-order valence-corrected chi connectivity index (χ4v) is 2.53. The molecule has 0 aliphatic heterocycles. The second-order valence-corrected chi connectivity index (χ2v) is 5.99. The van der Waals surface area contributed by atoms with Gasteiger partial charge in [-0.05, 0) is 36.1 Å². The summed E-state index contributed by atoms with van der Waals surface area (Å²) in [6.07, 6.45) is 1.11. The number of methoxy groups -OCH3 is 1. The van der Waals surface area contributed by atoms with Crippen molar-refractivity contribution >= 4 is 5.69 Å². The molecule has 0 radical (unpaired) electrons. The predicted molar refractivity (Wildman–Crippen MR) is 103 cm³/mol. The molecular weight excluding hydrogens is 314 g/mol. The average Bonchev–Trinajstić information content (AvgIpc) is 2.65. The highest BCUT2D eigenvalue weighted by Gasteiger charge is 2.09. The Kier molecular flexibility index (Phi) is 8.13. The third kappa shape index (κ3) is 6.31. The van der Waals surface area contributed by atoms with Crippen molar-refractivity contribution in [1.82, 2.24) is 0 Å². The highest BCUT2D eigenvalue weighted by molar-refractivity contribution is 5.48. The summed E-state index contributed by atoms with van der Waals surface area (Å²) in [5.41, 5.74) is 2.30. The van der Waals surface area contributed by atoms with Crippen LogP contribution in [0.4, 0.5) is 5.69 Å². The summed E-state index contributed by atoms with van der Waals surface area (Å²) < 4.78 is 16.6. The summed E-state index contributed by atoms with van der Waals surface area (Å²) in [5, 5.41) is 3.37. The van der Waals surface area contributed by atoms with E-state index in [1.807, 2.05) is 36.4 Å². The van der Waals surface area contributed by atoms with Crippen molar-refractivity contribution in [3.05, 3.63) is 54.1 Å². The summed E-state index contributed by atoms with van der Waals surface area (Å²) in [7, 11) is 1.67. The van der Waals surface area contributed by atoms with Gasteiger partial charge in [-0.15, -0.1) is 0 Å². The summed E-state index contributed by atoms with van der Waals surface area (Å²) in [6.45, 7) is 6.91. The first kappa shape index (κ1) is 19.1. The molecule has 0 saturated heterocycles. The molecule has 0 spiro atoms. The van der Waals surface area contributed by atoms with Crippen LogP contribution < -0.4 is 14.8 Å². The van der Waals surface area contributed by atoms with E-state index in [1.165, 1.54) is 5.56 Å². The fourth-order valence-electron chi connectivity index (χ4n) is 2.53. The first-order valence-electron chi connectivity index (χ1n) is 8.92. The van der Waals surface area contributed by atoms with E-state index < -0.39 is 0 Å². The highest BCUT2D eigenvalue weighted by Crippen LogP contribution is 2.28. The van der Waals surface area contributed by atoms with E-state index in [9.17, 15) is 0 Å². The van der Waals surface area contributed by atoms with Crippen molar-refractivity contribution in [2.24, 2.45) is 0 Å². The fraction of sp³-hybridized carbons (Fsp3) is 0.429. The zero-order chi connectivity index (χ0) is 17.9. The quantitative estimate of drug-likeness (QED) is 0.600. The lowest BCUT2D eigenvalue weighted by Gasteiger charge is -2.16.